The van der Waals surface area contributed by atoms with Crippen molar-refractivity contribution in [3.05, 3.63) is 77.7 Å². The minimum absolute atomic E-state index is 0.208. The lowest BCUT2D eigenvalue weighted by molar-refractivity contribution is 0.0526. The Kier molecular flexibility index (Phi) is 6.51. The molecule has 0 fully saturated rings. The molecular formula is C21H21FN4O2. The van der Waals surface area contributed by atoms with Gasteiger partial charge in [0.1, 0.15) is 11.6 Å². The van der Waals surface area contributed by atoms with Gasteiger partial charge in [-0.3, -0.25) is 0 Å². The van der Waals surface area contributed by atoms with Crippen molar-refractivity contribution < 1.29 is 13.9 Å². The van der Waals surface area contributed by atoms with E-state index in [9.17, 15) is 9.18 Å². The highest BCUT2D eigenvalue weighted by Gasteiger charge is 2.07. The zero-order chi connectivity index (χ0) is 19.8. The van der Waals surface area contributed by atoms with Crippen molar-refractivity contribution in [3.63, 3.8) is 0 Å². The van der Waals surface area contributed by atoms with E-state index in [1.165, 1.54) is 6.07 Å². The number of carbonyl (C=O) groups is 1. The average molecular weight is 380 g/mol. The van der Waals surface area contributed by atoms with Crippen molar-refractivity contribution >= 4 is 23.4 Å². The molecule has 1 heterocycles. The van der Waals surface area contributed by atoms with Gasteiger partial charge in [-0.2, -0.15) is 4.98 Å². The number of benzene rings is 2. The lowest BCUT2D eigenvalue weighted by Crippen LogP contribution is -2.08. The largest absolute Gasteiger partial charge is 0.462 e. The summed E-state index contributed by atoms with van der Waals surface area (Å²) in [6.45, 7) is 2.65. The zero-order valence-corrected chi connectivity index (χ0v) is 15.5. The number of hydrogen-bond acceptors (Lipinski definition) is 6. The van der Waals surface area contributed by atoms with Crippen molar-refractivity contribution in [1.82, 2.24) is 9.97 Å². The van der Waals surface area contributed by atoms with Crippen LogP contribution in [-0.2, 0) is 11.2 Å². The van der Waals surface area contributed by atoms with Crippen LogP contribution in [0.5, 0.6) is 0 Å². The minimum atomic E-state index is -0.355. The third kappa shape index (κ3) is 5.26. The number of aromatic nitrogens is 2. The van der Waals surface area contributed by atoms with Gasteiger partial charge in [-0.05, 0) is 55.3 Å². The molecule has 0 saturated heterocycles. The van der Waals surface area contributed by atoms with Gasteiger partial charge in [0.25, 0.3) is 0 Å². The molecule has 7 heteroatoms. The highest BCUT2D eigenvalue weighted by atomic mass is 19.1. The Morgan fingerprint density at radius 3 is 2.64 bits per heavy atom. The number of halogens is 1. The van der Waals surface area contributed by atoms with E-state index in [4.69, 9.17) is 4.74 Å². The summed E-state index contributed by atoms with van der Waals surface area (Å²) in [5, 5.41) is 6.25. The average Bonchev–Trinajstić information content (AvgIpc) is 2.70. The number of nitrogens with zero attached hydrogens (tertiary/aromatic N) is 2. The molecule has 0 aliphatic rings. The van der Waals surface area contributed by atoms with E-state index in [1.54, 1.807) is 55.6 Å². The predicted molar refractivity (Wildman–Crippen MR) is 106 cm³/mol. The van der Waals surface area contributed by atoms with E-state index in [0.29, 0.717) is 42.5 Å². The smallest absolute Gasteiger partial charge is 0.338 e. The molecule has 0 saturated carbocycles. The second kappa shape index (κ2) is 9.45. The maximum absolute atomic E-state index is 13.7. The molecule has 2 N–H and O–H groups in total. The number of ether oxygens (including phenoxy) is 1. The maximum Gasteiger partial charge on any atom is 0.338 e. The van der Waals surface area contributed by atoms with Crippen molar-refractivity contribution in [2.45, 2.75) is 13.3 Å². The van der Waals surface area contributed by atoms with Crippen molar-refractivity contribution in [3.8, 4) is 0 Å². The predicted octanol–water partition coefficient (Wildman–Crippen LogP) is 4.19. The van der Waals surface area contributed by atoms with Crippen LogP contribution in [0.3, 0.4) is 0 Å². The molecule has 3 aromatic rings. The first-order valence-corrected chi connectivity index (χ1v) is 9.00. The van der Waals surface area contributed by atoms with Gasteiger partial charge >= 0.3 is 5.97 Å². The molecule has 2 aromatic carbocycles. The first-order chi connectivity index (χ1) is 13.7. The first-order valence-electron chi connectivity index (χ1n) is 9.00. The Morgan fingerprint density at radius 1 is 1.11 bits per heavy atom. The summed E-state index contributed by atoms with van der Waals surface area (Å²) in [5.74, 6) is 0.490. The molecular weight excluding hydrogens is 359 g/mol. The fraction of sp³-hybridized carbons (Fsp3) is 0.190. The van der Waals surface area contributed by atoms with Crippen LogP contribution in [0.25, 0.3) is 0 Å². The van der Waals surface area contributed by atoms with E-state index in [1.807, 2.05) is 6.07 Å². The zero-order valence-electron chi connectivity index (χ0n) is 15.5. The molecule has 0 aliphatic heterocycles. The van der Waals surface area contributed by atoms with Crippen LogP contribution in [0, 0.1) is 5.82 Å². The van der Waals surface area contributed by atoms with Gasteiger partial charge < -0.3 is 15.4 Å². The van der Waals surface area contributed by atoms with Gasteiger partial charge in [-0.1, -0.05) is 18.2 Å². The van der Waals surface area contributed by atoms with Gasteiger partial charge in [0.05, 0.1) is 12.2 Å². The standard InChI is InChI=1S/C21H21FN4O2/c1-2-28-20(27)16-7-9-17(10-8-16)25-21-24-14-12-19(26-21)23-13-11-15-5-3-4-6-18(15)22/h3-10,12,14H,2,11,13H2,1H3,(H2,23,24,25,26). The van der Waals surface area contributed by atoms with Crippen molar-refractivity contribution in [2.75, 3.05) is 23.8 Å². The molecule has 0 radical (unpaired) electrons. The molecule has 6 nitrogen and oxygen atoms in total. The van der Waals surface area contributed by atoms with Crippen molar-refractivity contribution in [2.24, 2.45) is 0 Å². The molecule has 0 spiro atoms. The SMILES string of the molecule is CCOC(=O)c1ccc(Nc2nccc(NCCc3ccccc3F)n2)cc1. The number of rotatable bonds is 8. The lowest BCUT2D eigenvalue weighted by Gasteiger charge is -2.09. The van der Waals surface area contributed by atoms with Gasteiger partial charge in [0.2, 0.25) is 5.95 Å². The monoisotopic (exact) mass is 380 g/mol. The fourth-order valence-corrected chi connectivity index (χ4v) is 2.58. The second-order valence-corrected chi connectivity index (χ2v) is 5.96. The fourth-order valence-electron chi connectivity index (χ4n) is 2.58. The Balaban J connectivity index is 1.57. The summed E-state index contributed by atoms with van der Waals surface area (Å²) in [6, 6.07) is 15.3. The number of carbonyl (C=O) groups excluding carboxylic acids is 1. The molecule has 0 unspecified atom stereocenters. The molecule has 28 heavy (non-hydrogen) atoms. The third-order valence-corrected chi connectivity index (χ3v) is 3.97. The minimum Gasteiger partial charge on any atom is -0.462 e. The summed E-state index contributed by atoms with van der Waals surface area (Å²) in [5.41, 5.74) is 1.89. The Hall–Kier alpha value is -3.48. The Bertz CT molecular complexity index is 932. The van der Waals surface area contributed by atoms with E-state index < -0.39 is 0 Å². The molecule has 0 atom stereocenters. The van der Waals surface area contributed by atoms with Crippen LogP contribution in [0.2, 0.25) is 0 Å². The highest BCUT2D eigenvalue weighted by Crippen LogP contribution is 2.16. The number of nitrogens with one attached hydrogen (secondary N) is 2. The van der Waals surface area contributed by atoms with Gasteiger partial charge in [-0.15, -0.1) is 0 Å². The third-order valence-electron chi connectivity index (χ3n) is 3.97. The Labute approximate surface area is 162 Å². The molecule has 0 aliphatic carbocycles. The summed E-state index contributed by atoms with van der Waals surface area (Å²) in [7, 11) is 0. The number of hydrogen-bond donors (Lipinski definition) is 2. The van der Waals surface area contributed by atoms with E-state index in [2.05, 4.69) is 20.6 Å². The first kappa shape index (κ1) is 19.3. The topological polar surface area (TPSA) is 76.1 Å². The van der Waals surface area contributed by atoms with E-state index >= 15 is 0 Å². The second-order valence-electron chi connectivity index (χ2n) is 5.96. The number of anilines is 3. The van der Waals surface area contributed by atoms with Gasteiger partial charge in [0.15, 0.2) is 0 Å². The maximum atomic E-state index is 13.7. The highest BCUT2D eigenvalue weighted by molar-refractivity contribution is 5.89. The van der Waals surface area contributed by atoms with Crippen LogP contribution >= 0.6 is 0 Å². The van der Waals surface area contributed by atoms with E-state index in [-0.39, 0.29) is 11.8 Å². The van der Waals surface area contributed by atoms with Crippen molar-refractivity contribution in [1.29, 1.82) is 0 Å². The van der Waals surface area contributed by atoms with Crippen LogP contribution in [0.4, 0.5) is 21.8 Å². The van der Waals surface area contributed by atoms with Crippen LogP contribution in [0.15, 0.2) is 60.8 Å². The number of esters is 1. The quantitative estimate of drug-likeness (QED) is 0.571. The normalized spacial score (nSPS) is 10.4. The molecule has 144 valence electrons. The lowest BCUT2D eigenvalue weighted by atomic mass is 10.1. The van der Waals surface area contributed by atoms with Crippen LogP contribution in [-0.4, -0.2) is 29.1 Å². The van der Waals surface area contributed by atoms with Gasteiger partial charge in [0, 0.05) is 18.4 Å². The summed E-state index contributed by atoms with van der Waals surface area (Å²) in [4.78, 5) is 20.3. The van der Waals surface area contributed by atoms with Gasteiger partial charge in [-0.25, -0.2) is 14.2 Å². The summed E-state index contributed by atoms with van der Waals surface area (Å²) in [6.07, 6.45) is 2.18. The van der Waals surface area contributed by atoms with Crippen LogP contribution < -0.4 is 10.6 Å². The molecule has 3 rings (SSSR count). The molecule has 1 aromatic heterocycles. The summed E-state index contributed by atoms with van der Waals surface area (Å²) < 4.78 is 18.6. The molecule has 0 amide bonds. The van der Waals surface area contributed by atoms with E-state index in [0.717, 1.165) is 5.69 Å². The summed E-state index contributed by atoms with van der Waals surface area (Å²) >= 11 is 0. The Morgan fingerprint density at radius 2 is 1.89 bits per heavy atom. The molecule has 0 bridgehead atoms. The van der Waals surface area contributed by atoms with Crippen LogP contribution in [0.1, 0.15) is 22.8 Å².